The molecule has 1 aliphatic heterocycles. The zero-order chi connectivity index (χ0) is 22.4. The van der Waals surface area contributed by atoms with Crippen molar-refractivity contribution in [1.29, 1.82) is 0 Å². The van der Waals surface area contributed by atoms with Gasteiger partial charge in [-0.15, -0.1) is 0 Å². The maximum atomic E-state index is 13.1. The van der Waals surface area contributed by atoms with E-state index in [0.717, 1.165) is 22.2 Å². The zero-order valence-corrected chi connectivity index (χ0v) is 18.5. The largest absolute Gasteiger partial charge is 0.326 e. The second-order valence-electron chi connectivity index (χ2n) is 7.69. The van der Waals surface area contributed by atoms with E-state index in [4.69, 9.17) is 28.2 Å². The SMILES string of the molecule is Cn1c(=O)[nH]c2ccc(C3=NC(Cc4ccccc4Cl)C(=O)Nc4ccc(Cl)cc43)cc21. The van der Waals surface area contributed by atoms with Gasteiger partial charge >= 0.3 is 5.69 Å². The molecule has 1 aliphatic rings. The van der Waals surface area contributed by atoms with Crippen molar-refractivity contribution in [3.63, 3.8) is 0 Å². The number of nitrogens with one attached hydrogen (secondary N) is 2. The van der Waals surface area contributed by atoms with Gasteiger partial charge in [0.1, 0.15) is 6.04 Å². The van der Waals surface area contributed by atoms with Gasteiger partial charge < -0.3 is 10.3 Å². The van der Waals surface area contributed by atoms with Crippen LogP contribution in [-0.4, -0.2) is 27.2 Å². The molecule has 5 rings (SSSR count). The van der Waals surface area contributed by atoms with E-state index in [9.17, 15) is 9.59 Å². The molecule has 0 bridgehead atoms. The first-order valence-electron chi connectivity index (χ1n) is 10.0. The first-order valence-corrected chi connectivity index (χ1v) is 10.8. The van der Waals surface area contributed by atoms with E-state index >= 15 is 0 Å². The Balaban J connectivity index is 1.69. The monoisotopic (exact) mass is 464 g/mol. The fraction of sp³-hybridized carbons (Fsp3) is 0.125. The minimum Gasteiger partial charge on any atom is -0.324 e. The molecule has 0 aliphatic carbocycles. The number of benzodiazepines with no additional fused rings is 1. The van der Waals surface area contributed by atoms with Gasteiger partial charge in [0.25, 0.3) is 0 Å². The van der Waals surface area contributed by atoms with Crippen LogP contribution in [0.15, 0.2) is 70.5 Å². The van der Waals surface area contributed by atoms with Crippen LogP contribution >= 0.6 is 23.2 Å². The average Bonchev–Trinajstić information content (AvgIpc) is 2.98. The molecule has 160 valence electrons. The van der Waals surface area contributed by atoms with Crippen molar-refractivity contribution in [2.24, 2.45) is 12.0 Å². The fourth-order valence-corrected chi connectivity index (χ4v) is 4.32. The lowest BCUT2D eigenvalue weighted by Gasteiger charge is -2.12. The van der Waals surface area contributed by atoms with Crippen molar-refractivity contribution in [2.45, 2.75) is 12.5 Å². The van der Waals surface area contributed by atoms with Crippen LogP contribution in [0.4, 0.5) is 5.69 Å². The van der Waals surface area contributed by atoms with E-state index in [2.05, 4.69) is 10.3 Å². The first kappa shape index (κ1) is 20.5. The van der Waals surface area contributed by atoms with E-state index in [-0.39, 0.29) is 11.6 Å². The van der Waals surface area contributed by atoms with Crippen molar-refractivity contribution >= 4 is 51.5 Å². The van der Waals surface area contributed by atoms with Crippen LogP contribution in [0.25, 0.3) is 11.0 Å². The maximum Gasteiger partial charge on any atom is 0.326 e. The summed E-state index contributed by atoms with van der Waals surface area (Å²) in [6, 6.07) is 17.6. The highest BCUT2D eigenvalue weighted by Crippen LogP contribution is 2.29. The highest BCUT2D eigenvalue weighted by atomic mass is 35.5. The topological polar surface area (TPSA) is 79.2 Å². The number of rotatable bonds is 3. The number of anilines is 1. The average molecular weight is 465 g/mol. The Morgan fingerprint density at radius 2 is 1.84 bits per heavy atom. The van der Waals surface area contributed by atoms with Crippen molar-refractivity contribution in [1.82, 2.24) is 9.55 Å². The smallest absolute Gasteiger partial charge is 0.324 e. The van der Waals surface area contributed by atoms with Gasteiger partial charge in [-0.1, -0.05) is 47.5 Å². The number of carbonyl (C=O) groups is 1. The van der Waals surface area contributed by atoms with Crippen LogP contribution in [0.2, 0.25) is 10.0 Å². The Morgan fingerprint density at radius 1 is 1.03 bits per heavy atom. The summed E-state index contributed by atoms with van der Waals surface area (Å²) in [5.41, 5.74) is 4.84. The molecule has 0 fully saturated rings. The number of imidazole rings is 1. The lowest BCUT2D eigenvalue weighted by Crippen LogP contribution is -2.27. The second-order valence-corrected chi connectivity index (χ2v) is 8.53. The number of hydrogen-bond acceptors (Lipinski definition) is 3. The molecule has 1 unspecified atom stereocenters. The predicted octanol–water partition coefficient (Wildman–Crippen LogP) is 4.57. The van der Waals surface area contributed by atoms with Crippen molar-refractivity contribution in [3.05, 3.63) is 97.9 Å². The summed E-state index contributed by atoms with van der Waals surface area (Å²) in [4.78, 5) is 32.8. The van der Waals surface area contributed by atoms with Gasteiger partial charge in [0.2, 0.25) is 5.91 Å². The van der Waals surface area contributed by atoms with Crippen LogP contribution in [0.5, 0.6) is 0 Å². The molecule has 2 N–H and O–H groups in total. The van der Waals surface area contributed by atoms with Gasteiger partial charge in [0, 0.05) is 34.6 Å². The minimum atomic E-state index is -0.693. The molecule has 6 nitrogen and oxygen atoms in total. The third kappa shape index (κ3) is 3.61. The molecule has 4 aromatic rings. The number of fused-ring (bicyclic) bond motifs is 2. The number of aromatic nitrogens is 2. The van der Waals surface area contributed by atoms with Gasteiger partial charge in [0.15, 0.2) is 0 Å². The number of nitrogens with zero attached hydrogens (tertiary/aromatic N) is 2. The number of carbonyl (C=O) groups excluding carboxylic acids is 1. The molecular weight excluding hydrogens is 447 g/mol. The van der Waals surface area contributed by atoms with Crippen LogP contribution in [0.3, 0.4) is 0 Å². The van der Waals surface area contributed by atoms with Gasteiger partial charge in [-0.25, -0.2) is 4.79 Å². The predicted molar refractivity (Wildman–Crippen MR) is 128 cm³/mol. The number of hydrogen-bond donors (Lipinski definition) is 2. The van der Waals surface area contributed by atoms with Gasteiger partial charge in [-0.3, -0.25) is 14.4 Å². The van der Waals surface area contributed by atoms with E-state index < -0.39 is 6.04 Å². The first-order chi connectivity index (χ1) is 15.4. The van der Waals surface area contributed by atoms with Crippen LogP contribution in [0, 0.1) is 0 Å². The fourth-order valence-electron chi connectivity index (χ4n) is 3.93. The molecule has 2 heterocycles. The van der Waals surface area contributed by atoms with E-state index in [1.165, 1.54) is 0 Å². The summed E-state index contributed by atoms with van der Waals surface area (Å²) in [6.07, 6.45) is 0.349. The van der Waals surface area contributed by atoms with Crippen molar-refractivity contribution < 1.29 is 4.79 Å². The van der Waals surface area contributed by atoms with Crippen LogP contribution in [-0.2, 0) is 18.3 Å². The molecule has 32 heavy (non-hydrogen) atoms. The summed E-state index contributed by atoms with van der Waals surface area (Å²) >= 11 is 12.6. The second kappa shape index (κ2) is 7.97. The molecular formula is C24H18Cl2N4O2. The van der Waals surface area contributed by atoms with E-state index in [1.807, 2.05) is 36.4 Å². The number of halogens is 2. The Hall–Kier alpha value is -3.35. The molecule has 0 saturated heterocycles. The van der Waals surface area contributed by atoms with Gasteiger partial charge in [-0.05, 0) is 42.0 Å². The molecule has 1 aromatic heterocycles. The Kier molecular flexibility index (Phi) is 5.12. The normalized spacial score (nSPS) is 15.8. The standard InChI is InChI=1S/C24H18Cl2N4O2/c1-30-21-11-14(6-8-19(21)29-24(30)32)22-16-12-15(25)7-9-18(16)28-23(31)20(27-22)10-13-4-2-3-5-17(13)26/h2-9,11-12,20H,10H2,1H3,(H,28,31)(H,29,32). The van der Waals surface area contributed by atoms with Crippen LogP contribution < -0.4 is 11.0 Å². The summed E-state index contributed by atoms with van der Waals surface area (Å²) in [7, 11) is 1.70. The Labute approximate surface area is 193 Å². The molecule has 0 spiro atoms. The Morgan fingerprint density at radius 3 is 2.66 bits per heavy atom. The molecule has 8 heteroatoms. The van der Waals surface area contributed by atoms with Crippen LogP contribution in [0.1, 0.15) is 16.7 Å². The lowest BCUT2D eigenvalue weighted by atomic mass is 9.99. The molecule has 1 atom stereocenters. The molecule has 1 amide bonds. The van der Waals surface area contributed by atoms with Crippen molar-refractivity contribution in [3.8, 4) is 0 Å². The number of aromatic amines is 1. The van der Waals surface area contributed by atoms with Crippen molar-refractivity contribution in [2.75, 3.05) is 5.32 Å². The lowest BCUT2D eigenvalue weighted by molar-refractivity contribution is -0.117. The zero-order valence-electron chi connectivity index (χ0n) is 17.0. The number of amides is 1. The maximum absolute atomic E-state index is 13.1. The summed E-state index contributed by atoms with van der Waals surface area (Å²) < 4.78 is 1.54. The Bertz CT molecular complexity index is 1470. The third-order valence-electron chi connectivity index (χ3n) is 5.63. The number of H-pyrrole nitrogens is 1. The van der Waals surface area contributed by atoms with Gasteiger partial charge in [-0.2, -0.15) is 0 Å². The molecule has 0 radical (unpaired) electrons. The quantitative estimate of drug-likeness (QED) is 0.465. The summed E-state index contributed by atoms with van der Waals surface area (Å²) in [5.74, 6) is -0.224. The number of aliphatic imine (C=N–C) groups is 1. The number of benzene rings is 3. The van der Waals surface area contributed by atoms with E-state index in [1.54, 1.807) is 35.9 Å². The van der Waals surface area contributed by atoms with Gasteiger partial charge in [0.05, 0.1) is 22.4 Å². The molecule has 3 aromatic carbocycles. The highest BCUT2D eigenvalue weighted by Gasteiger charge is 2.27. The highest BCUT2D eigenvalue weighted by molar-refractivity contribution is 6.32. The summed E-state index contributed by atoms with van der Waals surface area (Å²) in [6.45, 7) is 0. The molecule has 0 saturated carbocycles. The number of aryl methyl sites for hydroxylation is 1. The third-order valence-corrected chi connectivity index (χ3v) is 6.24. The van der Waals surface area contributed by atoms with E-state index in [0.29, 0.717) is 33.4 Å². The summed E-state index contributed by atoms with van der Waals surface area (Å²) in [5, 5.41) is 4.10. The minimum absolute atomic E-state index is 0.197.